The monoisotopic (exact) mass is 367 g/mol. The fourth-order valence-corrected chi connectivity index (χ4v) is 4.18. The molecule has 4 aromatic rings. The molecule has 0 saturated carbocycles. The molecule has 1 radical (unpaired) electrons. The van der Waals surface area contributed by atoms with Gasteiger partial charge in [-0.05, 0) is 60.0 Å². The predicted octanol–water partition coefficient (Wildman–Crippen LogP) is 6.11. The maximum atomic E-state index is 13.1. The molecule has 0 atom stereocenters. The van der Waals surface area contributed by atoms with Crippen LogP contribution in [0.1, 0.15) is 33.3 Å². The molecule has 5 rings (SSSR count). The van der Waals surface area contributed by atoms with E-state index in [1.54, 1.807) is 0 Å². The molecule has 1 heterocycles. The minimum Gasteiger partial charge on any atom is -0.257 e. The highest BCUT2D eigenvalue weighted by Crippen LogP contribution is 2.40. The van der Waals surface area contributed by atoms with Crippen LogP contribution >= 0.6 is 0 Å². The Labute approximate surface area is 164 Å². The number of amidine groups is 1. The molecule has 0 spiro atoms. The molecular weight excluding hydrogens is 344 g/mol. The van der Waals surface area contributed by atoms with E-state index < -0.39 is 11.1 Å². The highest BCUT2D eigenvalue weighted by molar-refractivity contribution is 6.21. The molecule has 0 bridgehead atoms. The molecule has 1 aliphatic heterocycles. The molecule has 3 heteroatoms. The van der Waals surface area contributed by atoms with Crippen LogP contribution in [0.4, 0.5) is 0 Å². The van der Waals surface area contributed by atoms with Gasteiger partial charge in [-0.1, -0.05) is 71.9 Å². The zero-order chi connectivity index (χ0) is 19.7. The molecule has 0 saturated heterocycles. The van der Waals surface area contributed by atoms with Crippen LogP contribution in [0.2, 0.25) is 0 Å². The van der Waals surface area contributed by atoms with Gasteiger partial charge in [0.05, 0.1) is 11.1 Å². The van der Waals surface area contributed by atoms with Gasteiger partial charge >= 0.3 is 0 Å². The summed E-state index contributed by atoms with van der Waals surface area (Å²) >= 11 is 0. The van der Waals surface area contributed by atoms with Crippen LogP contribution in [-0.4, -0.2) is 22.0 Å². The van der Waals surface area contributed by atoms with Gasteiger partial charge in [-0.3, -0.25) is 4.99 Å². The number of hydrogen-bond donors (Lipinski definition) is 0. The van der Waals surface area contributed by atoms with Crippen LogP contribution in [-0.2, 0) is 5.21 Å². The number of rotatable bonds is 1. The second kappa shape index (κ2) is 5.55. The lowest BCUT2D eigenvalue weighted by Crippen LogP contribution is -2.50. The summed E-state index contributed by atoms with van der Waals surface area (Å²) in [4.78, 5) is 4.83. The van der Waals surface area contributed by atoms with Gasteiger partial charge in [0.2, 0.25) is 0 Å². The standard InChI is InChI=1S/C25H23N2O/c1-24(2)25(3,4)27(28)23(26-24)22-11-7-10-18-20-13-12-16-8-5-6-9-17(16)19(20)14-15-21(18)22/h5-15H,1-4H3. The Kier molecular flexibility index (Phi) is 3.41. The number of nitrogens with zero attached hydrogens (tertiary/aromatic N) is 2. The Morgan fingerprint density at radius 1 is 0.679 bits per heavy atom. The summed E-state index contributed by atoms with van der Waals surface area (Å²) < 4.78 is 0. The number of aliphatic imine (C=N–C) groups is 1. The smallest absolute Gasteiger partial charge is 0.160 e. The van der Waals surface area contributed by atoms with Crippen LogP contribution in [0, 0.1) is 0 Å². The first-order valence-corrected chi connectivity index (χ1v) is 9.72. The van der Waals surface area contributed by atoms with Gasteiger partial charge in [0.1, 0.15) is 0 Å². The average molecular weight is 367 g/mol. The topological polar surface area (TPSA) is 35.5 Å². The number of hydroxylamine groups is 2. The lowest BCUT2D eigenvalue weighted by molar-refractivity contribution is -0.158. The van der Waals surface area contributed by atoms with E-state index in [2.05, 4.69) is 54.6 Å². The largest absolute Gasteiger partial charge is 0.257 e. The third-order valence-corrected chi connectivity index (χ3v) is 6.61. The average Bonchev–Trinajstić information content (AvgIpc) is 2.86. The maximum absolute atomic E-state index is 13.1. The summed E-state index contributed by atoms with van der Waals surface area (Å²) in [6.45, 7) is 7.97. The van der Waals surface area contributed by atoms with Gasteiger partial charge in [0, 0.05) is 5.56 Å². The second-order valence-electron chi connectivity index (χ2n) is 8.70. The summed E-state index contributed by atoms with van der Waals surface area (Å²) in [5, 5.41) is 21.3. The van der Waals surface area contributed by atoms with Crippen molar-refractivity contribution in [1.29, 1.82) is 0 Å². The van der Waals surface area contributed by atoms with Crippen molar-refractivity contribution >= 4 is 38.2 Å². The highest BCUT2D eigenvalue weighted by Gasteiger charge is 2.50. The Morgan fingerprint density at radius 3 is 2.04 bits per heavy atom. The molecule has 139 valence electrons. The van der Waals surface area contributed by atoms with Crippen LogP contribution in [0.5, 0.6) is 0 Å². The number of benzene rings is 4. The van der Waals surface area contributed by atoms with Gasteiger partial charge in [-0.25, -0.2) is 0 Å². The molecule has 0 aliphatic carbocycles. The first kappa shape index (κ1) is 17.2. The molecule has 0 aromatic heterocycles. The van der Waals surface area contributed by atoms with Crippen LogP contribution in [0.15, 0.2) is 71.7 Å². The summed E-state index contributed by atoms with van der Waals surface area (Å²) in [6.07, 6.45) is 0. The summed E-state index contributed by atoms with van der Waals surface area (Å²) in [5.41, 5.74) is -0.127. The van der Waals surface area contributed by atoms with Crippen molar-refractivity contribution in [3.8, 4) is 0 Å². The van der Waals surface area contributed by atoms with E-state index in [1.807, 2.05) is 39.8 Å². The predicted molar refractivity (Wildman–Crippen MR) is 116 cm³/mol. The molecule has 4 aromatic carbocycles. The summed E-state index contributed by atoms with van der Waals surface area (Å²) in [6, 6.07) is 23.3. The van der Waals surface area contributed by atoms with Crippen molar-refractivity contribution in [3.05, 3.63) is 72.3 Å². The lowest BCUT2D eigenvalue weighted by atomic mass is 9.84. The summed E-state index contributed by atoms with van der Waals surface area (Å²) in [7, 11) is 0. The fourth-order valence-electron chi connectivity index (χ4n) is 4.18. The molecule has 0 N–H and O–H groups in total. The zero-order valence-corrected chi connectivity index (χ0v) is 16.7. The van der Waals surface area contributed by atoms with E-state index in [1.165, 1.54) is 21.5 Å². The van der Waals surface area contributed by atoms with Crippen molar-refractivity contribution in [2.45, 2.75) is 38.8 Å². The van der Waals surface area contributed by atoms with E-state index >= 15 is 0 Å². The minimum atomic E-state index is -0.586. The van der Waals surface area contributed by atoms with Gasteiger partial charge in [-0.2, -0.15) is 5.06 Å². The van der Waals surface area contributed by atoms with E-state index in [-0.39, 0.29) is 0 Å². The SMILES string of the molecule is CC1(C)N=C(c2cccc3c2ccc2c4ccccc4ccc32)N([O])C1(C)C. The van der Waals surface area contributed by atoms with E-state index in [0.29, 0.717) is 5.84 Å². The van der Waals surface area contributed by atoms with Crippen molar-refractivity contribution < 1.29 is 5.21 Å². The molecular formula is C25H23N2O. The van der Waals surface area contributed by atoms with Crippen molar-refractivity contribution in [2.75, 3.05) is 0 Å². The van der Waals surface area contributed by atoms with E-state index in [0.717, 1.165) is 21.4 Å². The minimum absolute atomic E-state index is 0.445. The zero-order valence-electron chi connectivity index (χ0n) is 16.7. The Balaban J connectivity index is 1.81. The van der Waals surface area contributed by atoms with Crippen molar-refractivity contribution in [1.82, 2.24) is 5.06 Å². The lowest BCUT2D eigenvalue weighted by Gasteiger charge is -2.35. The molecule has 28 heavy (non-hydrogen) atoms. The van der Waals surface area contributed by atoms with Crippen LogP contribution < -0.4 is 0 Å². The molecule has 0 unspecified atom stereocenters. The molecule has 0 amide bonds. The van der Waals surface area contributed by atoms with Crippen molar-refractivity contribution in [2.24, 2.45) is 4.99 Å². The first-order valence-electron chi connectivity index (χ1n) is 9.72. The first-order chi connectivity index (χ1) is 13.3. The second-order valence-corrected chi connectivity index (χ2v) is 8.70. The van der Waals surface area contributed by atoms with Crippen LogP contribution in [0.3, 0.4) is 0 Å². The van der Waals surface area contributed by atoms with Gasteiger partial charge in [0.15, 0.2) is 5.84 Å². The third kappa shape index (κ3) is 2.17. The van der Waals surface area contributed by atoms with Gasteiger partial charge in [-0.15, -0.1) is 0 Å². The Hall–Kier alpha value is -2.91. The third-order valence-electron chi connectivity index (χ3n) is 6.61. The van der Waals surface area contributed by atoms with E-state index in [9.17, 15) is 5.21 Å². The Morgan fingerprint density at radius 2 is 1.29 bits per heavy atom. The summed E-state index contributed by atoms with van der Waals surface area (Å²) in [5.74, 6) is 0.528. The molecule has 0 fully saturated rings. The molecule has 1 aliphatic rings. The quantitative estimate of drug-likeness (QED) is 0.374. The fraction of sp³-hybridized carbons (Fsp3) is 0.240. The van der Waals surface area contributed by atoms with E-state index in [4.69, 9.17) is 4.99 Å². The highest BCUT2D eigenvalue weighted by atomic mass is 16.5. The van der Waals surface area contributed by atoms with Gasteiger partial charge < -0.3 is 0 Å². The van der Waals surface area contributed by atoms with Gasteiger partial charge in [0.25, 0.3) is 0 Å². The molecule has 3 nitrogen and oxygen atoms in total. The van der Waals surface area contributed by atoms with Crippen molar-refractivity contribution in [3.63, 3.8) is 0 Å². The normalized spacial score (nSPS) is 18.2. The maximum Gasteiger partial charge on any atom is 0.160 e. The number of fused-ring (bicyclic) bond motifs is 5. The Bertz CT molecular complexity index is 1280. The van der Waals surface area contributed by atoms with Crippen LogP contribution in [0.25, 0.3) is 32.3 Å². The number of hydrogen-bond acceptors (Lipinski definition) is 2.